The summed E-state index contributed by atoms with van der Waals surface area (Å²) in [7, 11) is 0. The lowest BCUT2D eigenvalue weighted by atomic mass is 9.84. The van der Waals surface area contributed by atoms with E-state index in [2.05, 4.69) is 21.2 Å². The van der Waals surface area contributed by atoms with E-state index in [9.17, 15) is 9.90 Å². The summed E-state index contributed by atoms with van der Waals surface area (Å²) in [6, 6.07) is 7.94. The van der Waals surface area contributed by atoms with Crippen LogP contribution in [-0.2, 0) is 11.2 Å². The lowest BCUT2D eigenvalue weighted by Crippen LogP contribution is -2.41. The maximum atomic E-state index is 11.7. The Morgan fingerprint density at radius 2 is 1.81 bits per heavy atom. The van der Waals surface area contributed by atoms with Crippen LogP contribution in [0.5, 0.6) is 0 Å². The maximum Gasteiger partial charge on any atom is 0.407 e. The van der Waals surface area contributed by atoms with Crippen molar-refractivity contribution in [1.29, 1.82) is 0 Å². The average molecular weight is 358 g/mol. The third-order valence-electron chi connectivity index (χ3n) is 2.98. The Balaban J connectivity index is 2.59. The molecule has 0 aliphatic rings. The SMILES string of the molecule is CC(CO)(CNC(=O)OC(C)(C)C)Cc1ccc(Br)cc1. The van der Waals surface area contributed by atoms with Gasteiger partial charge in [0.15, 0.2) is 0 Å². The number of hydrogen-bond acceptors (Lipinski definition) is 3. The minimum Gasteiger partial charge on any atom is -0.444 e. The van der Waals surface area contributed by atoms with Crippen LogP contribution in [0, 0.1) is 5.41 Å². The summed E-state index contributed by atoms with van der Waals surface area (Å²) in [6.45, 7) is 7.73. The van der Waals surface area contributed by atoms with E-state index in [0.717, 1.165) is 10.0 Å². The Hall–Kier alpha value is -1.07. The van der Waals surface area contributed by atoms with Gasteiger partial charge in [-0.3, -0.25) is 0 Å². The normalized spacial score (nSPS) is 14.4. The zero-order chi connectivity index (χ0) is 16.1. The van der Waals surface area contributed by atoms with Gasteiger partial charge < -0.3 is 15.2 Å². The van der Waals surface area contributed by atoms with Gasteiger partial charge >= 0.3 is 6.09 Å². The molecule has 1 rings (SSSR count). The number of ether oxygens (including phenoxy) is 1. The second-order valence-electron chi connectivity index (χ2n) is 6.63. The van der Waals surface area contributed by atoms with Gasteiger partial charge in [-0.25, -0.2) is 4.79 Å². The fourth-order valence-electron chi connectivity index (χ4n) is 1.87. The highest BCUT2D eigenvalue weighted by atomic mass is 79.9. The van der Waals surface area contributed by atoms with E-state index < -0.39 is 17.1 Å². The highest BCUT2D eigenvalue weighted by Crippen LogP contribution is 2.22. The van der Waals surface area contributed by atoms with Crippen LogP contribution in [0.1, 0.15) is 33.3 Å². The standard InChI is InChI=1S/C16H24BrNO3/c1-15(2,3)21-14(20)18-10-16(4,11-19)9-12-5-7-13(17)8-6-12/h5-8,19H,9-11H2,1-4H3,(H,18,20). The molecular formula is C16H24BrNO3. The fourth-order valence-corrected chi connectivity index (χ4v) is 2.13. The Morgan fingerprint density at radius 1 is 1.24 bits per heavy atom. The lowest BCUT2D eigenvalue weighted by molar-refractivity contribution is 0.0478. The first-order chi connectivity index (χ1) is 9.63. The van der Waals surface area contributed by atoms with E-state index in [1.807, 2.05) is 52.0 Å². The van der Waals surface area contributed by atoms with Crippen LogP contribution in [0.4, 0.5) is 4.79 Å². The summed E-state index contributed by atoms with van der Waals surface area (Å²) < 4.78 is 6.22. The smallest absolute Gasteiger partial charge is 0.407 e. The van der Waals surface area contributed by atoms with Crippen molar-refractivity contribution < 1.29 is 14.6 Å². The lowest BCUT2D eigenvalue weighted by Gasteiger charge is -2.28. The van der Waals surface area contributed by atoms with Gasteiger partial charge in [-0.05, 0) is 44.9 Å². The summed E-state index contributed by atoms with van der Waals surface area (Å²) in [4.78, 5) is 11.7. The van der Waals surface area contributed by atoms with Crippen LogP contribution in [0.15, 0.2) is 28.7 Å². The van der Waals surface area contributed by atoms with E-state index in [4.69, 9.17) is 4.74 Å². The molecule has 4 nitrogen and oxygen atoms in total. The Kier molecular flexibility index (Phi) is 6.23. The minimum absolute atomic E-state index is 0.0150. The number of rotatable bonds is 5. The van der Waals surface area contributed by atoms with E-state index >= 15 is 0 Å². The molecule has 0 radical (unpaired) electrons. The van der Waals surface area contributed by atoms with Crippen LogP contribution in [0.2, 0.25) is 0 Å². The largest absolute Gasteiger partial charge is 0.444 e. The Morgan fingerprint density at radius 3 is 2.29 bits per heavy atom. The average Bonchev–Trinajstić information content (AvgIpc) is 2.37. The molecule has 0 spiro atoms. The molecule has 1 amide bonds. The Labute approximate surface area is 135 Å². The number of aliphatic hydroxyl groups is 1. The molecule has 1 atom stereocenters. The molecule has 0 heterocycles. The van der Waals surface area contributed by atoms with Crippen molar-refractivity contribution in [2.75, 3.05) is 13.2 Å². The first-order valence-corrected chi connectivity index (χ1v) is 7.75. The van der Waals surface area contributed by atoms with Gasteiger partial charge in [0.2, 0.25) is 0 Å². The molecule has 1 aromatic carbocycles. The molecule has 1 unspecified atom stereocenters. The quantitative estimate of drug-likeness (QED) is 0.847. The summed E-state index contributed by atoms with van der Waals surface area (Å²) in [5.41, 5.74) is 0.164. The van der Waals surface area contributed by atoms with Crippen LogP contribution >= 0.6 is 15.9 Å². The summed E-state index contributed by atoms with van der Waals surface area (Å²) >= 11 is 3.40. The highest BCUT2D eigenvalue weighted by Gasteiger charge is 2.26. The van der Waals surface area contributed by atoms with E-state index in [1.54, 1.807) is 0 Å². The molecule has 0 aliphatic carbocycles. The molecule has 0 saturated carbocycles. The monoisotopic (exact) mass is 357 g/mol. The summed E-state index contributed by atoms with van der Waals surface area (Å²) in [5.74, 6) is 0. The van der Waals surface area contributed by atoms with Gasteiger partial charge in [-0.15, -0.1) is 0 Å². The molecule has 0 aliphatic heterocycles. The summed E-state index contributed by atoms with van der Waals surface area (Å²) in [6.07, 6.45) is 0.213. The van der Waals surface area contributed by atoms with Gasteiger partial charge in [0, 0.05) is 16.4 Å². The number of carbonyl (C=O) groups excluding carboxylic acids is 1. The van der Waals surface area contributed by atoms with Crippen molar-refractivity contribution >= 4 is 22.0 Å². The first-order valence-electron chi connectivity index (χ1n) is 6.96. The van der Waals surface area contributed by atoms with Crippen molar-refractivity contribution in [3.63, 3.8) is 0 Å². The van der Waals surface area contributed by atoms with Crippen molar-refractivity contribution in [2.45, 2.75) is 39.7 Å². The molecule has 0 aromatic heterocycles. The number of carbonyl (C=O) groups is 1. The zero-order valence-electron chi connectivity index (χ0n) is 13.1. The molecule has 1 aromatic rings. The van der Waals surface area contributed by atoms with E-state index in [1.165, 1.54) is 0 Å². The molecular weight excluding hydrogens is 334 g/mol. The topological polar surface area (TPSA) is 58.6 Å². The first kappa shape index (κ1) is 18.0. The van der Waals surface area contributed by atoms with Gasteiger partial charge in [-0.2, -0.15) is 0 Å². The number of alkyl carbamates (subject to hydrolysis) is 1. The van der Waals surface area contributed by atoms with Crippen molar-refractivity contribution in [1.82, 2.24) is 5.32 Å². The molecule has 0 bridgehead atoms. The molecule has 0 saturated heterocycles. The number of nitrogens with one attached hydrogen (secondary N) is 1. The van der Waals surface area contributed by atoms with Crippen molar-refractivity contribution in [2.24, 2.45) is 5.41 Å². The van der Waals surface area contributed by atoms with Crippen LogP contribution in [0.3, 0.4) is 0 Å². The number of hydrogen-bond donors (Lipinski definition) is 2. The van der Waals surface area contributed by atoms with Crippen molar-refractivity contribution in [3.05, 3.63) is 34.3 Å². The highest BCUT2D eigenvalue weighted by molar-refractivity contribution is 9.10. The van der Waals surface area contributed by atoms with Gasteiger partial charge in [0.1, 0.15) is 5.60 Å². The molecule has 5 heteroatoms. The van der Waals surface area contributed by atoms with Gasteiger partial charge in [0.25, 0.3) is 0 Å². The molecule has 2 N–H and O–H groups in total. The number of halogens is 1. The number of amides is 1. The van der Waals surface area contributed by atoms with Gasteiger partial charge in [-0.1, -0.05) is 35.0 Å². The minimum atomic E-state index is -0.522. The zero-order valence-corrected chi connectivity index (χ0v) is 14.7. The second-order valence-corrected chi connectivity index (χ2v) is 7.54. The van der Waals surface area contributed by atoms with E-state index in [0.29, 0.717) is 13.0 Å². The second kappa shape index (κ2) is 7.27. The fraction of sp³-hybridized carbons (Fsp3) is 0.562. The predicted octanol–water partition coefficient (Wildman–Crippen LogP) is 3.51. The van der Waals surface area contributed by atoms with Crippen LogP contribution in [0.25, 0.3) is 0 Å². The Bertz CT molecular complexity index is 467. The number of aliphatic hydroxyl groups excluding tert-OH is 1. The van der Waals surface area contributed by atoms with Crippen LogP contribution < -0.4 is 5.32 Å². The summed E-state index contributed by atoms with van der Waals surface area (Å²) in [5, 5.41) is 12.4. The predicted molar refractivity (Wildman–Crippen MR) is 87.3 cm³/mol. The molecule has 118 valence electrons. The molecule has 0 fully saturated rings. The number of benzene rings is 1. The van der Waals surface area contributed by atoms with Crippen molar-refractivity contribution in [3.8, 4) is 0 Å². The third kappa shape index (κ3) is 6.96. The maximum absolute atomic E-state index is 11.7. The van der Waals surface area contributed by atoms with E-state index in [-0.39, 0.29) is 6.61 Å². The van der Waals surface area contributed by atoms with Gasteiger partial charge in [0.05, 0.1) is 6.61 Å². The molecule has 21 heavy (non-hydrogen) atoms. The third-order valence-corrected chi connectivity index (χ3v) is 3.51. The van der Waals surface area contributed by atoms with Crippen LogP contribution in [-0.4, -0.2) is 30.0 Å².